The molecule has 2 saturated heterocycles. The molecule has 0 radical (unpaired) electrons. The number of anilines is 2. The van der Waals surface area contributed by atoms with Crippen LogP contribution in [0.25, 0.3) is 0 Å². The highest BCUT2D eigenvalue weighted by Gasteiger charge is 2.33. The number of carbonyl (C=O) groups is 1. The van der Waals surface area contributed by atoms with Gasteiger partial charge in [0.1, 0.15) is 11.5 Å². The summed E-state index contributed by atoms with van der Waals surface area (Å²) in [6, 6.07) is 6.35. The Bertz CT molecular complexity index is 958. The van der Waals surface area contributed by atoms with Gasteiger partial charge in [-0.1, -0.05) is 19.0 Å². The lowest BCUT2D eigenvalue weighted by Crippen LogP contribution is -2.48. The fraction of sp³-hybridized carbons (Fsp3) is 0.542. The molecule has 1 N–H and O–H groups in total. The number of likely N-dealkylation sites (tertiary alicyclic amines) is 1. The molecule has 2 aromatic heterocycles. The van der Waals surface area contributed by atoms with Crippen LogP contribution in [-0.2, 0) is 11.0 Å². The molecule has 2 fully saturated rings. The Hall–Kier alpha value is -2.59. The zero-order valence-electron chi connectivity index (χ0n) is 18.8. The fourth-order valence-electron chi connectivity index (χ4n) is 4.35. The zero-order chi connectivity index (χ0) is 24.1. The lowest BCUT2D eigenvalue weighted by atomic mass is 10.0. The van der Waals surface area contributed by atoms with E-state index in [2.05, 4.69) is 25.1 Å². The molecule has 0 aromatic carbocycles. The molecule has 4 rings (SSSR count). The number of hydrogen-bond acceptors (Lipinski definition) is 6. The highest BCUT2D eigenvalue weighted by atomic mass is 35.5. The van der Waals surface area contributed by atoms with Crippen molar-refractivity contribution in [1.29, 1.82) is 0 Å². The predicted molar refractivity (Wildman–Crippen MR) is 132 cm³/mol. The summed E-state index contributed by atoms with van der Waals surface area (Å²) in [4.78, 5) is 26.8. The third-order valence-electron chi connectivity index (χ3n) is 6.32. The normalized spacial score (nSPS) is 17.7. The smallest absolute Gasteiger partial charge is 0.382 e. The van der Waals surface area contributed by atoms with Gasteiger partial charge in [0, 0.05) is 76.4 Å². The van der Waals surface area contributed by atoms with E-state index in [1.807, 2.05) is 17.0 Å². The largest absolute Gasteiger partial charge is 0.433 e. The summed E-state index contributed by atoms with van der Waals surface area (Å²) in [5.41, 5.74) is -0.504. The summed E-state index contributed by atoms with van der Waals surface area (Å²) in [5.74, 6) is 1.04. The number of nitrogens with one attached hydrogen (secondary N) is 1. The number of amides is 1. The maximum atomic E-state index is 12.9. The van der Waals surface area contributed by atoms with Crippen molar-refractivity contribution in [3.05, 3.63) is 47.4 Å². The van der Waals surface area contributed by atoms with Gasteiger partial charge in [-0.2, -0.15) is 13.2 Å². The Kier molecular flexibility index (Phi) is 9.18. The van der Waals surface area contributed by atoms with Crippen LogP contribution in [0.3, 0.4) is 0 Å². The molecule has 2 aliphatic rings. The molecule has 0 spiro atoms. The van der Waals surface area contributed by atoms with Crippen molar-refractivity contribution in [3.63, 3.8) is 0 Å². The summed E-state index contributed by atoms with van der Waals surface area (Å²) in [6.07, 6.45) is 0.209. The number of piperazine rings is 1. The molecule has 0 unspecified atom stereocenters. The van der Waals surface area contributed by atoms with Crippen LogP contribution in [-0.4, -0.2) is 77.5 Å². The summed E-state index contributed by atoms with van der Waals surface area (Å²) in [6.45, 7) is 5.37. The van der Waals surface area contributed by atoms with Crippen LogP contribution in [0, 0.1) is 0 Å². The first-order valence-electron chi connectivity index (χ1n) is 11.4. The topological polar surface area (TPSA) is 64.6 Å². The van der Waals surface area contributed by atoms with Crippen LogP contribution >= 0.6 is 11.6 Å². The Morgan fingerprint density at radius 1 is 1.06 bits per heavy atom. The SMILES string of the molecule is C.O=C(CCN1CCN(c2ccc(Cl)cn2)CC1)N1CCC(Nc2ccnc(C(F)(F)F)c2)CC1. The Morgan fingerprint density at radius 3 is 2.40 bits per heavy atom. The van der Waals surface area contributed by atoms with Gasteiger partial charge in [0.25, 0.3) is 0 Å². The van der Waals surface area contributed by atoms with Gasteiger partial charge in [0.05, 0.1) is 5.02 Å². The number of carbonyl (C=O) groups excluding carboxylic acids is 1. The van der Waals surface area contributed by atoms with E-state index in [1.54, 1.807) is 6.20 Å². The van der Waals surface area contributed by atoms with Crippen molar-refractivity contribution in [3.8, 4) is 0 Å². The second kappa shape index (κ2) is 11.9. The van der Waals surface area contributed by atoms with Crippen molar-refractivity contribution < 1.29 is 18.0 Å². The molecule has 192 valence electrons. The molecule has 11 heteroatoms. The van der Waals surface area contributed by atoms with E-state index < -0.39 is 11.9 Å². The quantitative estimate of drug-likeness (QED) is 0.619. The van der Waals surface area contributed by atoms with Crippen LogP contribution in [0.15, 0.2) is 36.7 Å². The number of rotatable bonds is 6. The van der Waals surface area contributed by atoms with Crippen LogP contribution in [0.5, 0.6) is 0 Å². The molecular weight excluding hydrogens is 481 g/mol. The lowest BCUT2D eigenvalue weighted by Gasteiger charge is -2.36. The summed E-state index contributed by atoms with van der Waals surface area (Å²) in [7, 11) is 0. The number of nitrogens with zero attached hydrogens (tertiary/aromatic N) is 5. The average molecular weight is 513 g/mol. The van der Waals surface area contributed by atoms with E-state index in [0.29, 0.717) is 43.1 Å². The van der Waals surface area contributed by atoms with Crippen LogP contribution in [0.4, 0.5) is 24.7 Å². The first-order valence-corrected chi connectivity index (χ1v) is 11.8. The van der Waals surface area contributed by atoms with E-state index in [9.17, 15) is 18.0 Å². The monoisotopic (exact) mass is 512 g/mol. The van der Waals surface area contributed by atoms with Crippen LogP contribution < -0.4 is 10.2 Å². The second-order valence-corrected chi connectivity index (χ2v) is 9.08. The minimum absolute atomic E-state index is 0. The highest BCUT2D eigenvalue weighted by molar-refractivity contribution is 6.30. The fourth-order valence-corrected chi connectivity index (χ4v) is 4.46. The average Bonchev–Trinajstić information content (AvgIpc) is 2.83. The molecule has 7 nitrogen and oxygen atoms in total. The maximum absolute atomic E-state index is 12.9. The molecule has 0 atom stereocenters. The van der Waals surface area contributed by atoms with Gasteiger partial charge >= 0.3 is 6.18 Å². The first-order chi connectivity index (χ1) is 16.3. The maximum Gasteiger partial charge on any atom is 0.433 e. The first kappa shape index (κ1) is 27.0. The van der Waals surface area contributed by atoms with Crippen LogP contribution in [0.1, 0.15) is 32.4 Å². The van der Waals surface area contributed by atoms with Gasteiger partial charge in [-0.25, -0.2) is 4.98 Å². The molecule has 4 heterocycles. The Labute approximate surface area is 209 Å². The van der Waals surface area contributed by atoms with Gasteiger partial charge in [0.15, 0.2) is 0 Å². The summed E-state index contributed by atoms with van der Waals surface area (Å²) >= 11 is 5.91. The van der Waals surface area contributed by atoms with E-state index >= 15 is 0 Å². The van der Waals surface area contributed by atoms with Gasteiger partial charge in [-0.05, 0) is 37.1 Å². The standard InChI is InChI=1S/C23H28ClF3N6O.CH4/c24-17-1-2-21(29-16-17)32-13-11-31(12-14-32)8-6-22(34)33-9-4-18(5-10-33)30-19-3-7-28-20(15-19)23(25,26)27;/h1-3,7,15-16,18H,4-6,8-14H2,(H,28,30);1H4. The molecular formula is C24H32ClF3N6O. The minimum atomic E-state index is -4.47. The molecule has 35 heavy (non-hydrogen) atoms. The van der Waals surface area contributed by atoms with Crippen LogP contribution in [0.2, 0.25) is 5.02 Å². The molecule has 2 aliphatic heterocycles. The number of piperidine rings is 1. The van der Waals surface area contributed by atoms with Crippen molar-refractivity contribution in [2.45, 2.75) is 38.9 Å². The van der Waals surface area contributed by atoms with Gasteiger partial charge in [0.2, 0.25) is 5.91 Å². The summed E-state index contributed by atoms with van der Waals surface area (Å²) in [5, 5.41) is 3.77. The second-order valence-electron chi connectivity index (χ2n) is 8.64. The molecule has 0 aliphatic carbocycles. The van der Waals surface area contributed by atoms with E-state index in [-0.39, 0.29) is 19.4 Å². The summed E-state index contributed by atoms with van der Waals surface area (Å²) < 4.78 is 38.6. The Balaban J connectivity index is 0.00000342. The van der Waals surface area contributed by atoms with Gasteiger partial charge in [-0.15, -0.1) is 0 Å². The van der Waals surface area contributed by atoms with Gasteiger partial charge < -0.3 is 15.1 Å². The van der Waals surface area contributed by atoms with E-state index in [0.717, 1.165) is 50.8 Å². The number of pyridine rings is 2. The molecule has 1 amide bonds. The third kappa shape index (κ3) is 7.44. The number of aromatic nitrogens is 2. The van der Waals surface area contributed by atoms with Crippen molar-refractivity contribution in [1.82, 2.24) is 19.8 Å². The predicted octanol–water partition coefficient (Wildman–Crippen LogP) is 4.40. The number of halogens is 4. The lowest BCUT2D eigenvalue weighted by molar-refractivity contribution is -0.141. The van der Waals surface area contributed by atoms with Crippen molar-refractivity contribution in [2.75, 3.05) is 56.0 Å². The van der Waals surface area contributed by atoms with Gasteiger partial charge in [-0.3, -0.25) is 14.7 Å². The Morgan fingerprint density at radius 2 is 1.77 bits per heavy atom. The zero-order valence-corrected chi connectivity index (χ0v) is 19.5. The minimum Gasteiger partial charge on any atom is -0.382 e. The van der Waals surface area contributed by atoms with Crippen molar-refractivity contribution in [2.24, 2.45) is 0 Å². The molecule has 0 bridgehead atoms. The van der Waals surface area contributed by atoms with E-state index in [4.69, 9.17) is 11.6 Å². The van der Waals surface area contributed by atoms with Crippen molar-refractivity contribution >= 4 is 29.0 Å². The molecule has 0 saturated carbocycles. The third-order valence-corrected chi connectivity index (χ3v) is 6.54. The molecule has 2 aromatic rings. The number of alkyl halides is 3. The van der Waals surface area contributed by atoms with E-state index in [1.165, 1.54) is 6.07 Å². The number of hydrogen-bond donors (Lipinski definition) is 1. The highest BCUT2D eigenvalue weighted by Crippen LogP contribution is 2.29.